The average Bonchev–Trinajstić information content (AvgIpc) is 3.03. The lowest BCUT2D eigenvalue weighted by molar-refractivity contribution is 0.771. The van der Waals surface area contributed by atoms with E-state index in [1.807, 2.05) is 19.2 Å². The molecule has 0 radical (unpaired) electrons. The molecule has 0 spiro atoms. The normalized spacial score (nSPS) is 10.7. The van der Waals surface area contributed by atoms with Crippen molar-refractivity contribution in [3.05, 3.63) is 42.5 Å². The molecule has 0 saturated heterocycles. The molecule has 3 heterocycles. The van der Waals surface area contributed by atoms with Gasteiger partial charge < -0.3 is 5.73 Å². The molecule has 2 N–H and O–H groups in total. The van der Waals surface area contributed by atoms with Gasteiger partial charge in [0.15, 0.2) is 5.82 Å². The van der Waals surface area contributed by atoms with Crippen molar-refractivity contribution in [2.24, 2.45) is 0 Å². The van der Waals surface area contributed by atoms with Crippen LogP contribution >= 0.6 is 0 Å². The van der Waals surface area contributed by atoms with E-state index in [-0.39, 0.29) is 0 Å². The van der Waals surface area contributed by atoms with Crippen molar-refractivity contribution in [1.82, 2.24) is 29.5 Å². The van der Waals surface area contributed by atoms with E-state index in [0.717, 1.165) is 5.56 Å². The summed E-state index contributed by atoms with van der Waals surface area (Å²) in [5.74, 6) is 1.49. The number of aromatic nitrogens is 6. The minimum atomic E-state index is 0.418. The fourth-order valence-electron chi connectivity index (χ4n) is 1.62. The molecule has 0 aliphatic carbocycles. The number of rotatable bonds is 2. The number of anilines is 1. The molecule has 0 aliphatic rings. The van der Waals surface area contributed by atoms with Gasteiger partial charge in [0, 0.05) is 30.4 Å². The largest absolute Gasteiger partial charge is 0.383 e. The van der Waals surface area contributed by atoms with Crippen molar-refractivity contribution < 1.29 is 0 Å². The van der Waals surface area contributed by atoms with E-state index in [2.05, 4.69) is 20.2 Å². The second-order valence-corrected chi connectivity index (χ2v) is 3.76. The summed E-state index contributed by atoms with van der Waals surface area (Å²) in [5, 5.41) is 8.24. The highest BCUT2D eigenvalue weighted by atomic mass is 15.4. The van der Waals surface area contributed by atoms with E-state index < -0.39 is 0 Å². The molecule has 90 valence electrons. The standard InChI is InChI=1S/C11H11N7/c1-8-9(12)15-11(18-7-3-5-14-18)16-10(8)17-6-2-4-13-17/h2-7H,1H3,(H2,12,15,16). The molecule has 0 aromatic carbocycles. The first-order valence-electron chi connectivity index (χ1n) is 5.40. The van der Waals surface area contributed by atoms with Crippen LogP contribution in [0.2, 0.25) is 0 Å². The lowest BCUT2D eigenvalue weighted by Gasteiger charge is -2.09. The molecule has 7 nitrogen and oxygen atoms in total. The van der Waals surface area contributed by atoms with Crippen molar-refractivity contribution in [3.63, 3.8) is 0 Å². The van der Waals surface area contributed by atoms with E-state index in [9.17, 15) is 0 Å². The molecule has 7 heteroatoms. The Morgan fingerprint density at radius 2 is 1.67 bits per heavy atom. The summed E-state index contributed by atoms with van der Waals surface area (Å²) in [6.45, 7) is 1.86. The first-order valence-corrected chi connectivity index (χ1v) is 5.40. The van der Waals surface area contributed by atoms with E-state index >= 15 is 0 Å². The smallest absolute Gasteiger partial charge is 0.254 e. The minimum Gasteiger partial charge on any atom is -0.383 e. The van der Waals surface area contributed by atoms with Crippen LogP contribution in [0.15, 0.2) is 36.9 Å². The van der Waals surface area contributed by atoms with Gasteiger partial charge in [-0.2, -0.15) is 20.2 Å². The third-order valence-corrected chi connectivity index (χ3v) is 2.58. The lowest BCUT2D eigenvalue weighted by atomic mass is 10.3. The second kappa shape index (κ2) is 3.95. The number of nitrogens with two attached hydrogens (primary N) is 1. The third-order valence-electron chi connectivity index (χ3n) is 2.58. The highest BCUT2D eigenvalue weighted by molar-refractivity contribution is 5.49. The van der Waals surface area contributed by atoms with Crippen LogP contribution in [0.1, 0.15) is 5.56 Å². The molecule has 0 unspecified atom stereocenters. The minimum absolute atomic E-state index is 0.418. The predicted molar refractivity (Wildman–Crippen MR) is 65.4 cm³/mol. The van der Waals surface area contributed by atoms with Crippen molar-refractivity contribution >= 4 is 5.82 Å². The van der Waals surface area contributed by atoms with Crippen molar-refractivity contribution in [3.8, 4) is 11.8 Å². The fourth-order valence-corrected chi connectivity index (χ4v) is 1.62. The zero-order valence-electron chi connectivity index (χ0n) is 9.72. The topological polar surface area (TPSA) is 87.4 Å². The Labute approximate surface area is 103 Å². The van der Waals surface area contributed by atoms with Gasteiger partial charge in [0.1, 0.15) is 5.82 Å². The monoisotopic (exact) mass is 241 g/mol. The van der Waals surface area contributed by atoms with Crippen LogP contribution in [0.4, 0.5) is 5.82 Å². The second-order valence-electron chi connectivity index (χ2n) is 3.76. The quantitative estimate of drug-likeness (QED) is 0.715. The van der Waals surface area contributed by atoms with Gasteiger partial charge in [-0.1, -0.05) is 0 Å². The Morgan fingerprint density at radius 1 is 1.00 bits per heavy atom. The molecule has 0 atom stereocenters. The predicted octanol–water partition coefficient (Wildman–Crippen LogP) is 0.739. The zero-order valence-corrected chi connectivity index (χ0v) is 9.72. The van der Waals surface area contributed by atoms with E-state index in [0.29, 0.717) is 17.6 Å². The molecule has 18 heavy (non-hydrogen) atoms. The Morgan fingerprint density at radius 3 is 2.28 bits per heavy atom. The van der Waals surface area contributed by atoms with Gasteiger partial charge in [-0.05, 0) is 19.1 Å². The van der Waals surface area contributed by atoms with Crippen molar-refractivity contribution in [2.75, 3.05) is 5.73 Å². The first-order chi connectivity index (χ1) is 8.75. The highest BCUT2D eigenvalue weighted by Crippen LogP contribution is 2.17. The summed E-state index contributed by atoms with van der Waals surface area (Å²) < 4.78 is 3.21. The van der Waals surface area contributed by atoms with E-state index in [4.69, 9.17) is 5.73 Å². The van der Waals surface area contributed by atoms with Crippen LogP contribution in [-0.4, -0.2) is 29.5 Å². The van der Waals surface area contributed by atoms with Crippen molar-refractivity contribution in [2.45, 2.75) is 6.92 Å². The summed E-state index contributed by atoms with van der Waals surface area (Å²) in [4.78, 5) is 8.64. The maximum atomic E-state index is 5.90. The summed E-state index contributed by atoms with van der Waals surface area (Å²) in [6.07, 6.45) is 6.91. The van der Waals surface area contributed by atoms with Gasteiger partial charge in [0.2, 0.25) is 0 Å². The van der Waals surface area contributed by atoms with Gasteiger partial charge >= 0.3 is 0 Å². The molecule has 3 aromatic rings. The number of nitrogen functional groups attached to an aromatic ring is 1. The maximum absolute atomic E-state index is 5.90. The zero-order chi connectivity index (χ0) is 12.5. The molecule has 0 amide bonds. The van der Waals surface area contributed by atoms with Gasteiger partial charge in [-0.15, -0.1) is 0 Å². The lowest BCUT2D eigenvalue weighted by Crippen LogP contribution is -2.11. The Bertz CT molecular complexity index is 655. The number of hydrogen-bond donors (Lipinski definition) is 1. The van der Waals surface area contributed by atoms with Crippen LogP contribution in [0.5, 0.6) is 0 Å². The van der Waals surface area contributed by atoms with Crippen LogP contribution < -0.4 is 5.73 Å². The molecule has 3 rings (SSSR count). The highest BCUT2D eigenvalue weighted by Gasteiger charge is 2.11. The summed E-state index contributed by atoms with van der Waals surface area (Å²) in [6, 6.07) is 3.62. The molecule has 0 bridgehead atoms. The number of nitrogens with zero attached hydrogens (tertiary/aromatic N) is 6. The number of hydrogen-bond acceptors (Lipinski definition) is 5. The van der Waals surface area contributed by atoms with Gasteiger partial charge in [0.25, 0.3) is 5.95 Å². The molecular formula is C11H11N7. The molecule has 0 saturated carbocycles. The average molecular weight is 241 g/mol. The van der Waals surface area contributed by atoms with Crippen LogP contribution in [0.3, 0.4) is 0 Å². The van der Waals surface area contributed by atoms with E-state index in [1.54, 1.807) is 34.0 Å². The van der Waals surface area contributed by atoms with Crippen LogP contribution in [0.25, 0.3) is 11.8 Å². The molecular weight excluding hydrogens is 230 g/mol. The maximum Gasteiger partial charge on any atom is 0.254 e. The molecule has 0 aliphatic heterocycles. The van der Waals surface area contributed by atoms with Gasteiger partial charge in [-0.25, -0.2) is 9.36 Å². The van der Waals surface area contributed by atoms with Crippen LogP contribution in [0, 0.1) is 6.92 Å². The first kappa shape index (κ1) is 10.5. The Kier molecular flexibility index (Phi) is 2.30. The molecule has 3 aromatic heterocycles. The Hall–Kier alpha value is -2.70. The van der Waals surface area contributed by atoms with E-state index in [1.165, 1.54) is 0 Å². The van der Waals surface area contributed by atoms with Crippen molar-refractivity contribution in [1.29, 1.82) is 0 Å². The third kappa shape index (κ3) is 1.61. The Balaban J connectivity index is 2.20. The van der Waals surface area contributed by atoms with Crippen LogP contribution in [-0.2, 0) is 0 Å². The fraction of sp³-hybridized carbons (Fsp3) is 0.0909. The summed E-state index contributed by atoms with van der Waals surface area (Å²) >= 11 is 0. The SMILES string of the molecule is Cc1c(N)nc(-n2cccn2)nc1-n1cccn1. The summed E-state index contributed by atoms with van der Waals surface area (Å²) in [5.41, 5.74) is 6.69. The molecule has 0 fully saturated rings. The van der Waals surface area contributed by atoms with Gasteiger partial charge in [-0.3, -0.25) is 0 Å². The summed E-state index contributed by atoms with van der Waals surface area (Å²) in [7, 11) is 0. The van der Waals surface area contributed by atoms with Gasteiger partial charge in [0.05, 0.1) is 0 Å².